The van der Waals surface area contributed by atoms with Crippen molar-refractivity contribution >= 4 is 21.4 Å². The Kier molecular flexibility index (Phi) is 6.08. The Morgan fingerprint density at radius 3 is 2.61 bits per heavy atom. The summed E-state index contributed by atoms with van der Waals surface area (Å²) in [5.74, 6) is -0.0167. The van der Waals surface area contributed by atoms with E-state index < -0.39 is 9.84 Å². The first-order valence-electron chi connectivity index (χ1n) is 5.58. The molecule has 6 heteroatoms. The number of methoxy groups -OCH3 is 1. The van der Waals surface area contributed by atoms with E-state index in [9.17, 15) is 8.42 Å². The summed E-state index contributed by atoms with van der Waals surface area (Å²) in [6, 6.07) is 6.77. The van der Waals surface area contributed by atoms with Crippen LogP contribution >= 0.6 is 11.6 Å². The van der Waals surface area contributed by atoms with Crippen LogP contribution in [0.25, 0.3) is 0 Å². The van der Waals surface area contributed by atoms with Gasteiger partial charge in [0.2, 0.25) is 0 Å². The highest BCUT2D eigenvalue weighted by atomic mass is 35.5. The third kappa shape index (κ3) is 4.94. The summed E-state index contributed by atoms with van der Waals surface area (Å²) >= 11 is 5.96. The van der Waals surface area contributed by atoms with Crippen molar-refractivity contribution in [3.05, 3.63) is 34.9 Å². The highest BCUT2D eigenvalue weighted by Crippen LogP contribution is 2.18. The van der Waals surface area contributed by atoms with Crippen molar-refractivity contribution in [2.45, 2.75) is 11.8 Å². The van der Waals surface area contributed by atoms with E-state index in [2.05, 4.69) is 5.32 Å². The molecule has 102 valence electrons. The van der Waals surface area contributed by atoms with Crippen LogP contribution in [0.1, 0.15) is 5.56 Å². The number of nitrogens with one attached hydrogen (secondary N) is 1. The summed E-state index contributed by atoms with van der Waals surface area (Å²) in [5, 5.41) is 3.40. The molecule has 0 aliphatic rings. The molecule has 0 aliphatic heterocycles. The van der Waals surface area contributed by atoms with E-state index in [1.54, 1.807) is 38.4 Å². The number of hydrogen-bond donors (Lipinski definition) is 1. The maximum absolute atomic E-state index is 12.0. The molecule has 0 fully saturated rings. The zero-order valence-electron chi connectivity index (χ0n) is 10.5. The zero-order chi connectivity index (χ0) is 13.6. The number of likely N-dealkylation sites (N-methyl/N-ethyl adjacent to an activating group) is 1. The van der Waals surface area contributed by atoms with Crippen molar-refractivity contribution in [2.75, 3.05) is 26.5 Å². The minimum absolute atomic E-state index is 0.0303. The van der Waals surface area contributed by atoms with Crippen molar-refractivity contribution in [2.24, 2.45) is 0 Å². The van der Waals surface area contributed by atoms with Gasteiger partial charge in [-0.3, -0.25) is 0 Å². The quantitative estimate of drug-likeness (QED) is 0.827. The first kappa shape index (κ1) is 15.4. The standard InChI is InChI=1S/C12H18ClNO3S/c1-14-11(7-17-2)9-18(15,16)8-10-5-3-4-6-12(10)13/h3-6,11,14H,7-9H2,1-2H3. The molecule has 0 spiro atoms. The van der Waals surface area contributed by atoms with Crippen LogP contribution in [0.5, 0.6) is 0 Å². The number of benzene rings is 1. The van der Waals surface area contributed by atoms with Crippen LogP contribution in [-0.2, 0) is 20.3 Å². The van der Waals surface area contributed by atoms with Gasteiger partial charge in [0.1, 0.15) is 0 Å². The molecular formula is C12H18ClNO3S. The maximum atomic E-state index is 12.0. The van der Waals surface area contributed by atoms with Gasteiger partial charge in [0.25, 0.3) is 0 Å². The van der Waals surface area contributed by atoms with Crippen molar-refractivity contribution in [3.8, 4) is 0 Å². The molecule has 4 nitrogen and oxygen atoms in total. The summed E-state index contributed by atoms with van der Waals surface area (Å²) < 4.78 is 29.0. The summed E-state index contributed by atoms with van der Waals surface area (Å²) in [4.78, 5) is 0. The summed E-state index contributed by atoms with van der Waals surface area (Å²) in [5.41, 5.74) is 0.631. The van der Waals surface area contributed by atoms with Crippen LogP contribution in [0.15, 0.2) is 24.3 Å². The van der Waals surface area contributed by atoms with E-state index in [4.69, 9.17) is 16.3 Å². The average Bonchev–Trinajstić information content (AvgIpc) is 2.31. The number of rotatable bonds is 7. The highest BCUT2D eigenvalue weighted by molar-refractivity contribution is 7.90. The first-order chi connectivity index (χ1) is 8.48. The molecule has 0 aliphatic carbocycles. The predicted molar refractivity (Wildman–Crippen MR) is 73.7 cm³/mol. The molecule has 1 aromatic rings. The SMILES string of the molecule is CNC(COC)CS(=O)(=O)Cc1ccccc1Cl. The third-order valence-corrected chi connectivity index (χ3v) is 4.59. The Hall–Kier alpha value is -0.620. The van der Waals surface area contributed by atoms with Crippen LogP contribution in [0.2, 0.25) is 5.02 Å². The van der Waals surface area contributed by atoms with Gasteiger partial charge in [0.15, 0.2) is 9.84 Å². The normalized spacial score (nSPS) is 13.5. The second kappa shape index (κ2) is 7.09. The second-order valence-electron chi connectivity index (χ2n) is 4.09. The molecule has 0 aromatic heterocycles. The number of sulfone groups is 1. The largest absolute Gasteiger partial charge is 0.383 e. The topological polar surface area (TPSA) is 55.4 Å². The molecule has 0 radical (unpaired) electrons. The van der Waals surface area contributed by atoms with E-state index in [-0.39, 0.29) is 17.5 Å². The van der Waals surface area contributed by atoms with Crippen molar-refractivity contribution in [1.82, 2.24) is 5.32 Å². The Morgan fingerprint density at radius 2 is 2.06 bits per heavy atom. The minimum Gasteiger partial charge on any atom is -0.383 e. The Bertz CT molecular complexity index is 476. The van der Waals surface area contributed by atoms with Crippen LogP contribution in [0, 0.1) is 0 Å². The molecule has 1 rings (SSSR count). The molecule has 0 bridgehead atoms. The summed E-state index contributed by atoms with van der Waals surface area (Å²) in [7, 11) is 0.0460. The lowest BCUT2D eigenvalue weighted by Crippen LogP contribution is -2.37. The Balaban J connectivity index is 2.73. The molecular weight excluding hydrogens is 274 g/mol. The fourth-order valence-corrected chi connectivity index (χ4v) is 3.63. The lowest BCUT2D eigenvalue weighted by atomic mass is 10.2. The fraction of sp³-hybridized carbons (Fsp3) is 0.500. The predicted octanol–water partition coefficient (Wildman–Crippen LogP) is 1.49. The van der Waals surface area contributed by atoms with Crippen LogP contribution in [0.3, 0.4) is 0 Å². The van der Waals surface area contributed by atoms with E-state index in [1.165, 1.54) is 0 Å². The van der Waals surface area contributed by atoms with Gasteiger partial charge in [-0.25, -0.2) is 8.42 Å². The minimum atomic E-state index is -3.22. The zero-order valence-corrected chi connectivity index (χ0v) is 12.1. The molecule has 1 unspecified atom stereocenters. The smallest absolute Gasteiger partial charge is 0.156 e. The lowest BCUT2D eigenvalue weighted by molar-refractivity contribution is 0.176. The summed E-state index contributed by atoms with van der Waals surface area (Å²) in [6.45, 7) is 0.359. The molecule has 0 saturated carbocycles. The van der Waals surface area contributed by atoms with E-state index >= 15 is 0 Å². The van der Waals surface area contributed by atoms with E-state index in [1.807, 2.05) is 0 Å². The van der Waals surface area contributed by atoms with Crippen molar-refractivity contribution in [3.63, 3.8) is 0 Å². The fourth-order valence-electron chi connectivity index (χ4n) is 1.63. The lowest BCUT2D eigenvalue weighted by Gasteiger charge is -2.15. The van der Waals surface area contributed by atoms with Gasteiger partial charge in [-0.15, -0.1) is 0 Å². The number of hydrogen-bond acceptors (Lipinski definition) is 4. The maximum Gasteiger partial charge on any atom is 0.156 e. The van der Waals surface area contributed by atoms with Gasteiger partial charge in [0.05, 0.1) is 18.1 Å². The molecule has 1 N–H and O–H groups in total. The molecule has 1 aromatic carbocycles. The number of halogens is 1. The number of ether oxygens (including phenoxy) is 1. The Morgan fingerprint density at radius 1 is 1.39 bits per heavy atom. The second-order valence-corrected chi connectivity index (χ2v) is 6.60. The van der Waals surface area contributed by atoms with Crippen molar-refractivity contribution in [1.29, 1.82) is 0 Å². The Labute approximate surface area is 113 Å². The van der Waals surface area contributed by atoms with Gasteiger partial charge in [0, 0.05) is 18.2 Å². The van der Waals surface area contributed by atoms with E-state index in [0.29, 0.717) is 17.2 Å². The van der Waals surface area contributed by atoms with Crippen molar-refractivity contribution < 1.29 is 13.2 Å². The molecule has 0 amide bonds. The monoisotopic (exact) mass is 291 g/mol. The highest BCUT2D eigenvalue weighted by Gasteiger charge is 2.19. The van der Waals surface area contributed by atoms with Crippen LogP contribution in [0.4, 0.5) is 0 Å². The molecule has 1 atom stereocenters. The van der Waals surface area contributed by atoms with E-state index in [0.717, 1.165) is 0 Å². The average molecular weight is 292 g/mol. The molecule has 18 heavy (non-hydrogen) atoms. The van der Waals surface area contributed by atoms with Gasteiger partial charge in [-0.2, -0.15) is 0 Å². The van der Waals surface area contributed by atoms with Gasteiger partial charge in [-0.1, -0.05) is 29.8 Å². The molecule has 0 saturated heterocycles. The summed E-state index contributed by atoms with van der Waals surface area (Å²) in [6.07, 6.45) is 0. The third-order valence-electron chi connectivity index (χ3n) is 2.56. The molecule has 0 heterocycles. The van der Waals surface area contributed by atoms with Crippen LogP contribution in [-0.4, -0.2) is 41.0 Å². The van der Waals surface area contributed by atoms with Gasteiger partial charge in [-0.05, 0) is 18.7 Å². The van der Waals surface area contributed by atoms with Crippen LogP contribution < -0.4 is 5.32 Å². The first-order valence-corrected chi connectivity index (χ1v) is 7.78. The van der Waals surface area contributed by atoms with Gasteiger partial charge < -0.3 is 10.1 Å². The van der Waals surface area contributed by atoms with Gasteiger partial charge >= 0.3 is 0 Å².